The molecule has 2 atom stereocenters. The van der Waals surface area contributed by atoms with E-state index in [0.29, 0.717) is 33.3 Å². The largest absolute Gasteiger partial charge is 0.492 e. The molecule has 2 aliphatic heterocycles. The van der Waals surface area contributed by atoms with Crippen molar-refractivity contribution >= 4 is 51.5 Å². The number of alkyl halides is 4. The van der Waals surface area contributed by atoms with Crippen LogP contribution in [0.25, 0.3) is 44.1 Å². The van der Waals surface area contributed by atoms with E-state index >= 15 is 0 Å². The number of carbonyl (C=O) groups is 5. The second-order valence-corrected chi connectivity index (χ2v) is 19.2. The highest BCUT2D eigenvalue weighted by molar-refractivity contribution is 6.08. The van der Waals surface area contributed by atoms with E-state index in [1.165, 1.54) is 29.4 Å². The van der Waals surface area contributed by atoms with Crippen molar-refractivity contribution in [3.8, 4) is 45.9 Å². The number of likely N-dealkylation sites (tertiary alicyclic amines) is 2. The van der Waals surface area contributed by atoms with E-state index in [9.17, 15) is 52.1 Å². The highest BCUT2D eigenvalue weighted by Crippen LogP contribution is 2.34. The van der Waals surface area contributed by atoms with Crippen molar-refractivity contribution in [2.24, 2.45) is 0 Å². The maximum Gasteiger partial charge on any atom is 0.410 e. The molecule has 0 spiro atoms. The Labute approximate surface area is 433 Å². The van der Waals surface area contributed by atoms with Gasteiger partial charge in [-0.2, -0.15) is 10.5 Å². The van der Waals surface area contributed by atoms with Gasteiger partial charge in [-0.15, -0.1) is 0 Å². The van der Waals surface area contributed by atoms with Gasteiger partial charge in [-0.3, -0.25) is 29.1 Å². The molecule has 6 aromatic rings. The van der Waals surface area contributed by atoms with Crippen molar-refractivity contribution < 1.29 is 55.7 Å². The van der Waals surface area contributed by atoms with Gasteiger partial charge in [0.25, 0.3) is 23.7 Å². The lowest BCUT2D eigenvalue weighted by atomic mass is 10.0. The monoisotopic (exact) mass is 1040 g/mol. The van der Waals surface area contributed by atoms with Crippen LogP contribution >= 0.6 is 0 Å². The molecule has 0 bridgehead atoms. The van der Waals surface area contributed by atoms with Crippen LogP contribution in [0.2, 0.25) is 0 Å². The van der Waals surface area contributed by atoms with Crippen LogP contribution in [0.5, 0.6) is 11.5 Å². The fourth-order valence-corrected chi connectivity index (χ4v) is 8.80. The van der Waals surface area contributed by atoms with Gasteiger partial charge in [-0.25, -0.2) is 22.4 Å². The average Bonchev–Trinajstić information content (AvgIpc) is 3.91. The van der Waals surface area contributed by atoms with Crippen molar-refractivity contribution in [2.45, 2.75) is 63.1 Å². The van der Waals surface area contributed by atoms with Gasteiger partial charge in [0, 0.05) is 36.0 Å². The number of benzene rings is 4. The SMILES string of the molecule is CC(C)(C)OC(=O)N(CCOc1ccc(-c2ccc3nccc(C(=O)NCC(=O)N4CC(F)(F)C[C@H]4C#N)c3c2)cc1)CCOc1ccc(-c2ccc3nccc(C(=O)NCC(=O)N4CC(F)(F)C[C@H]4C#N)c3c2)cc1. The summed E-state index contributed by atoms with van der Waals surface area (Å²) in [5.41, 5.74) is 3.71. The second-order valence-electron chi connectivity index (χ2n) is 19.2. The first-order valence-electron chi connectivity index (χ1n) is 24.1. The lowest BCUT2D eigenvalue weighted by Gasteiger charge is -2.27. The summed E-state index contributed by atoms with van der Waals surface area (Å²) in [6.07, 6.45) is 0.816. The van der Waals surface area contributed by atoms with Crippen molar-refractivity contribution in [3.63, 3.8) is 0 Å². The maximum atomic E-state index is 13.9. The molecule has 2 N–H and O–H groups in total. The van der Waals surface area contributed by atoms with Crippen LogP contribution in [0.15, 0.2) is 109 Å². The standard InChI is InChI=1S/C55H51F4N9O8/c1-53(2,3)76-52(73)66(20-22-74-40-10-4-34(5-11-40)36-8-14-46-44(24-36)42(16-18-62-46)50(71)64-30-48(69)67-32-54(56,57)26-38(67)28-60)21-23-75-41-12-6-35(7-13-41)37-9-15-47-45(25-37)43(17-19-63-47)51(72)65-31-49(70)68-33-55(58,59)27-39(68)29-61/h4-19,24-25,38-39H,20-23,26-27,30-33H2,1-3H3,(H,64,71)(H,65,72)/t38-,39-/m0/s1. The molecule has 392 valence electrons. The lowest BCUT2D eigenvalue weighted by molar-refractivity contribution is -0.132. The van der Waals surface area contributed by atoms with Crippen LogP contribution in [0.4, 0.5) is 22.4 Å². The average molecular weight is 1040 g/mol. The zero-order valence-corrected chi connectivity index (χ0v) is 41.5. The number of pyridine rings is 2. The van der Waals surface area contributed by atoms with Crippen molar-refractivity contribution in [3.05, 3.63) is 121 Å². The van der Waals surface area contributed by atoms with E-state index in [1.54, 1.807) is 81.4 Å². The van der Waals surface area contributed by atoms with E-state index in [-0.39, 0.29) is 37.4 Å². The first-order valence-corrected chi connectivity index (χ1v) is 24.1. The van der Waals surface area contributed by atoms with Crippen molar-refractivity contribution in [1.82, 2.24) is 35.3 Å². The fraction of sp³-hybridized carbons (Fsp3) is 0.327. The molecule has 76 heavy (non-hydrogen) atoms. The Bertz CT molecular complexity index is 3070. The summed E-state index contributed by atoms with van der Waals surface area (Å²) in [6, 6.07) is 28.9. The Hall–Kier alpha value is -8.85. The fourth-order valence-electron chi connectivity index (χ4n) is 8.80. The van der Waals surface area contributed by atoms with Crippen LogP contribution in [-0.2, 0) is 14.3 Å². The van der Waals surface area contributed by atoms with E-state index in [2.05, 4.69) is 20.6 Å². The van der Waals surface area contributed by atoms with Gasteiger partial charge in [0.1, 0.15) is 42.4 Å². The third-order valence-corrected chi connectivity index (χ3v) is 12.5. The van der Waals surface area contributed by atoms with Gasteiger partial charge in [0.05, 0.1) is 73.6 Å². The van der Waals surface area contributed by atoms with Crippen LogP contribution in [0.1, 0.15) is 54.3 Å². The van der Waals surface area contributed by atoms with Crippen LogP contribution < -0.4 is 20.1 Å². The number of rotatable bonds is 16. The van der Waals surface area contributed by atoms with E-state index in [0.717, 1.165) is 32.1 Å². The van der Waals surface area contributed by atoms with Crippen LogP contribution in [0.3, 0.4) is 0 Å². The molecule has 2 aliphatic rings. The maximum absolute atomic E-state index is 13.9. The molecule has 0 aliphatic carbocycles. The summed E-state index contributed by atoms with van der Waals surface area (Å²) in [7, 11) is 0. The molecular weight excluding hydrogens is 991 g/mol. The molecular formula is C55H51F4N9O8. The molecule has 17 nitrogen and oxygen atoms in total. The van der Waals surface area contributed by atoms with Crippen LogP contribution in [-0.4, -0.2) is 136 Å². The normalized spacial score (nSPS) is 16.6. The summed E-state index contributed by atoms with van der Waals surface area (Å²) in [5.74, 6) is -8.15. The second kappa shape index (κ2) is 22.3. The predicted molar refractivity (Wildman–Crippen MR) is 269 cm³/mol. The minimum absolute atomic E-state index is 0.110. The number of ether oxygens (including phenoxy) is 3. The summed E-state index contributed by atoms with van der Waals surface area (Å²) in [6.45, 7) is 2.90. The first kappa shape index (κ1) is 53.4. The molecule has 0 saturated carbocycles. The number of hydrogen-bond acceptors (Lipinski definition) is 12. The van der Waals surface area contributed by atoms with Gasteiger partial charge < -0.3 is 39.5 Å². The number of aromatic nitrogens is 2. The number of nitriles is 2. The topological polar surface area (TPSA) is 220 Å². The molecule has 8 rings (SSSR count). The number of fused-ring (bicyclic) bond motifs is 2. The first-order chi connectivity index (χ1) is 36.2. The number of nitrogens with one attached hydrogen (secondary N) is 2. The Morgan fingerprint density at radius 2 is 1.03 bits per heavy atom. The number of halogens is 4. The quantitative estimate of drug-likeness (QED) is 0.0888. The van der Waals surface area contributed by atoms with Gasteiger partial charge >= 0.3 is 6.09 Å². The molecule has 0 unspecified atom stereocenters. The highest BCUT2D eigenvalue weighted by atomic mass is 19.3. The van der Waals surface area contributed by atoms with E-state index < -0.39 is 98.3 Å². The Kier molecular flexibility index (Phi) is 15.7. The predicted octanol–water partition coefficient (Wildman–Crippen LogP) is 7.79. The summed E-state index contributed by atoms with van der Waals surface area (Å²) in [4.78, 5) is 77.1. The number of hydrogen-bond donors (Lipinski definition) is 2. The zero-order valence-electron chi connectivity index (χ0n) is 41.5. The minimum atomic E-state index is -3.18. The van der Waals surface area contributed by atoms with Crippen molar-refractivity contribution in [1.29, 1.82) is 10.5 Å². The third-order valence-electron chi connectivity index (χ3n) is 12.5. The van der Waals surface area contributed by atoms with Gasteiger partial charge in [0.15, 0.2) is 0 Å². The minimum Gasteiger partial charge on any atom is -0.492 e. The van der Waals surface area contributed by atoms with Gasteiger partial charge in [0.2, 0.25) is 11.8 Å². The molecule has 0 radical (unpaired) electrons. The third kappa shape index (κ3) is 12.9. The van der Waals surface area contributed by atoms with Crippen LogP contribution in [0, 0.1) is 22.7 Å². The number of nitrogens with zero attached hydrogens (tertiary/aromatic N) is 7. The number of carbonyl (C=O) groups excluding carboxylic acids is 5. The Morgan fingerprint density at radius 1 is 0.632 bits per heavy atom. The lowest BCUT2D eigenvalue weighted by Crippen LogP contribution is -2.43. The molecule has 4 heterocycles. The smallest absolute Gasteiger partial charge is 0.410 e. The highest BCUT2D eigenvalue weighted by Gasteiger charge is 2.48. The number of amides is 5. The van der Waals surface area contributed by atoms with E-state index in [1.807, 2.05) is 36.4 Å². The van der Waals surface area contributed by atoms with Gasteiger partial charge in [-0.1, -0.05) is 36.4 Å². The molecule has 2 aromatic heterocycles. The molecule has 4 aromatic carbocycles. The van der Waals surface area contributed by atoms with E-state index in [4.69, 9.17) is 14.2 Å². The zero-order chi connectivity index (χ0) is 54.4. The van der Waals surface area contributed by atoms with Crippen molar-refractivity contribution in [2.75, 3.05) is 52.5 Å². The Morgan fingerprint density at radius 3 is 1.41 bits per heavy atom. The Balaban J connectivity index is 0.849. The molecule has 5 amide bonds. The molecule has 2 saturated heterocycles. The summed E-state index contributed by atoms with van der Waals surface area (Å²) >= 11 is 0. The molecule has 2 fully saturated rings. The molecule has 21 heteroatoms. The summed E-state index contributed by atoms with van der Waals surface area (Å²) in [5, 5.41) is 24.5. The van der Waals surface area contributed by atoms with Gasteiger partial charge in [-0.05, 0) is 104 Å². The summed E-state index contributed by atoms with van der Waals surface area (Å²) < 4.78 is 73.4.